The maximum Gasteiger partial charge on any atom is 0.251 e. The molecule has 1 aliphatic carbocycles. The molecule has 1 amide bonds. The minimum Gasteiger partial charge on any atom is -0.409 e. The summed E-state index contributed by atoms with van der Waals surface area (Å²) in [7, 11) is 0. The summed E-state index contributed by atoms with van der Waals surface area (Å²) in [4.78, 5) is 12.2. The monoisotopic (exact) mass is 261 g/mol. The Balaban J connectivity index is 2.15. The van der Waals surface area contributed by atoms with Crippen molar-refractivity contribution in [2.75, 3.05) is 0 Å². The summed E-state index contributed by atoms with van der Waals surface area (Å²) in [5.74, 6) is 0.421. The highest BCUT2D eigenvalue weighted by Gasteiger charge is 2.38. The van der Waals surface area contributed by atoms with Gasteiger partial charge < -0.3 is 16.3 Å². The fraction of sp³-hybridized carbons (Fsp3) is 0.429. The lowest BCUT2D eigenvalue weighted by Crippen LogP contribution is -2.45. The molecule has 1 saturated carbocycles. The zero-order valence-electron chi connectivity index (χ0n) is 11.2. The number of carbonyl (C=O) groups excluding carboxylic acids is 1. The molecule has 102 valence electrons. The number of nitrogens with zero attached hydrogens (tertiary/aromatic N) is 1. The maximum absolute atomic E-state index is 12.2. The van der Waals surface area contributed by atoms with Gasteiger partial charge in [-0.05, 0) is 44.7 Å². The first-order valence-corrected chi connectivity index (χ1v) is 6.34. The summed E-state index contributed by atoms with van der Waals surface area (Å²) in [6.07, 6.45) is 2.33. The van der Waals surface area contributed by atoms with Gasteiger partial charge in [0.25, 0.3) is 5.91 Å². The number of hydrogen-bond donors (Lipinski definition) is 3. The molecule has 0 spiro atoms. The van der Waals surface area contributed by atoms with E-state index in [2.05, 4.69) is 10.5 Å². The molecule has 4 N–H and O–H groups in total. The van der Waals surface area contributed by atoms with Crippen molar-refractivity contribution in [3.8, 4) is 0 Å². The fourth-order valence-electron chi connectivity index (χ4n) is 2.15. The third kappa shape index (κ3) is 3.05. The smallest absolute Gasteiger partial charge is 0.251 e. The third-order valence-electron chi connectivity index (χ3n) is 3.56. The van der Waals surface area contributed by atoms with Crippen LogP contribution in [0.5, 0.6) is 0 Å². The van der Waals surface area contributed by atoms with Gasteiger partial charge >= 0.3 is 0 Å². The molecule has 19 heavy (non-hydrogen) atoms. The molecule has 5 nitrogen and oxygen atoms in total. The third-order valence-corrected chi connectivity index (χ3v) is 3.56. The Hall–Kier alpha value is -2.04. The van der Waals surface area contributed by atoms with E-state index in [4.69, 9.17) is 10.9 Å². The van der Waals surface area contributed by atoms with Crippen LogP contribution in [0.25, 0.3) is 0 Å². The number of rotatable bonds is 4. The van der Waals surface area contributed by atoms with Gasteiger partial charge in [-0.25, -0.2) is 0 Å². The topological polar surface area (TPSA) is 87.7 Å². The Morgan fingerprint density at radius 2 is 2.05 bits per heavy atom. The van der Waals surface area contributed by atoms with E-state index in [0.29, 0.717) is 17.0 Å². The van der Waals surface area contributed by atoms with Gasteiger partial charge in [0.2, 0.25) is 0 Å². The standard InChI is InChI=1S/C14H19N3O2/c1-14(2,11-6-7-11)16-13(18)10-5-3-4-9(8-10)12(15)17-19/h3-5,8,11,19H,6-7H2,1-2H3,(H2,15,17)(H,16,18). The lowest BCUT2D eigenvalue weighted by Gasteiger charge is -2.26. The SMILES string of the molecule is CC(C)(NC(=O)c1cccc(/C(N)=N/O)c1)C1CC1. The van der Waals surface area contributed by atoms with Crippen molar-refractivity contribution in [2.45, 2.75) is 32.2 Å². The molecular formula is C14H19N3O2. The average Bonchev–Trinajstić information content (AvgIpc) is 3.22. The van der Waals surface area contributed by atoms with Crippen LogP contribution in [0.1, 0.15) is 42.6 Å². The van der Waals surface area contributed by atoms with Crippen LogP contribution < -0.4 is 11.1 Å². The van der Waals surface area contributed by atoms with Crippen LogP contribution in [0.3, 0.4) is 0 Å². The first-order chi connectivity index (χ1) is 8.94. The molecule has 0 bridgehead atoms. The average molecular weight is 261 g/mol. The number of benzene rings is 1. The molecule has 0 heterocycles. The summed E-state index contributed by atoms with van der Waals surface area (Å²) in [5.41, 5.74) is 6.37. The highest BCUT2D eigenvalue weighted by Crippen LogP contribution is 2.39. The molecule has 1 aromatic carbocycles. The van der Waals surface area contributed by atoms with Gasteiger partial charge in [-0.3, -0.25) is 4.79 Å². The molecule has 1 fully saturated rings. The van der Waals surface area contributed by atoms with Crippen LogP contribution in [0.2, 0.25) is 0 Å². The highest BCUT2D eigenvalue weighted by molar-refractivity contribution is 6.01. The van der Waals surface area contributed by atoms with Gasteiger partial charge in [-0.2, -0.15) is 0 Å². The number of oxime groups is 1. The zero-order chi connectivity index (χ0) is 14.0. The summed E-state index contributed by atoms with van der Waals surface area (Å²) < 4.78 is 0. The Labute approximate surface area is 112 Å². The van der Waals surface area contributed by atoms with E-state index >= 15 is 0 Å². The maximum atomic E-state index is 12.2. The fourth-order valence-corrected chi connectivity index (χ4v) is 2.15. The van der Waals surface area contributed by atoms with Crippen LogP contribution in [0, 0.1) is 5.92 Å². The van der Waals surface area contributed by atoms with Gasteiger partial charge in [-0.1, -0.05) is 17.3 Å². The van der Waals surface area contributed by atoms with Crippen molar-refractivity contribution < 1.29 is 10.0 Å². The van der Waals surface area contributed by atoms with E-state index in [9.17, 15) is 4.79 Å². The van der Waals surface area contributed by atoms with Crippen LogP contribution in [-0.4, -0.2) is 22.5 Å². The highest BCUT2D eigenvalue weighted by atomic mass is 16.4. The van der Waals surface area contributed by atoms with Crippen molar-refractivity contribution >= 4 is 11.7 Å². The molecule has 0 aliphatic heterocycles. The number of amides is 1. The van der Waals surface area contributed by atoms with E-state index in [1.165, 1.54) is 0 Å². The minimum atomic E-state index is -0.191. The number of hydrogen-bond acceptors (Lipinski definition) is 3. The lowest BCUT2D eigenvalue weighted by atomic mass is 9.98. The first-order valence-electron chi connectivity index (χ1n) is 6.34. The van der Waals surface area contributed by atoms with Gasteiger partial charge in [-0.15, -0.1) is 0 Å². The second-order valence-electron chi connectivity index (χ2n) is 5.52. The Morgan fingerprint density at radius 1 is 1.42 bits per heavy atom. The second kappa shape index (κ2) is 4.91. The van der Waals surface area contributed by atoms with E-state index in [0.717, 1.165) is 12.8 Å². The van der Waals surface area contributed by atoms with Crippen molar-refractivity contribution in [2.24, 2.45) is 16.8 Å². The molecular weight excluding hydrogens is 242 g/mol. The van der Waals surface area contributed by atoms with Crippen molar-refractivity contribution in [3.05, 3.63) is 35.4 Å². The van der Waals surface area contributed by atoms with E-state index < -0.39 is 0 Å². The van der Waals surface area contributed by atoms with Crippen LogP contribution in [0.4, 0.5) is 0 Å². The number of carbonyl (C=O) groups is 1. The van der Waals surface area contributed by atoms with Crippen molar-refractivity contribution in [1.82, 2.24) is 5.32 Å². The van der Waals surface area contributed by atoms with Crippen LogP contribution in [0.15, 0.2) is 29.4 Å². The second-order valence-corrected chi connectivity index (χ2v) is 5.52. The lowest BCUT2D eigenvalue weighted by molar-refractivity contribution is 0.0903. The number of amidine groups is 1. The van der Waals surface area contributed by atoms with Gasteiger partial charge in [0.1, 0.15) is 0 Å². The van der Waals surface area contributed by atoms with Gasteiger partial charge in [0.05, 0.1) is 0 Å². The first kappa shape index (κ1) is 13.4. The molecule has 0 saturated heterocycles. The molecule has 5 heteroatoms. The number of nitrogens with two attached hydrogens (primary N) is 1. The van der Waals surface area contributed by atoms with E-state index in [1.807, 2.05) is 13.8 Å². The number of nitrogens with one attached hydrogen (secondary N) is 1. The molecule has 1 aromatic rings. The molecule has 1 aliphatic rings. The Morgan fingerprint density at radius 3 is 2.63 bits per heavy atom. The molecule has 2 rings (SSSR count). The van der Waals surface area contributed by atoms with E-state index in [1.54, 1.807) is 24.3 Å². The molecule has 0 aromatic heterocycles. The van der Waals surface area contributed by atoms with Crippen molar-refractivity contribution in [1.29, 1.82) is 0 Å². The summed E-state index contributed by atoms with van der Waals surface area (Å²) in [5, 5.41) is 14.6. The predicted octanol–water partition coefficient (Wildman–Crippen LogP) is 1.70. The normalized spacial score (nSPS) is 16.2. The summed E-state index contributed by atoms with van der Waals surface area (Å²) in [6, 6.07) is 6.74. The minimum absolute atomic E-state index is 0.00361. The van der Waals surface area contributed by atoms with Crippen LogP contribution >= 0.6 is 0 Å². The predicted molar refractivity (Wildman–Crippen MR) is 73.2 cm³/mol. The van der Waals surface area contributed by atoms with Crippen molar-refractivity contribution in [3.63, 3.8) is 0 Å². The molecule has 0 atom stereocenters. The summed E-state index contributed by atoms with van der Waals surface area (Å²) >= 11 is 0. The summed E-state index contributed by atoms with van der Waals surface area (Å²) in [6.45, 7) is 4.08. The zero-order valence-corrected chi connectivity index (χ0v) is 11.2. The van der Waals surface area contributed by atoms with Gasteiger partial charge in [0, 0.05) is 16.7 Å². The molecule has 0 radical (unpaired) electrons. The van der Waals surface area contributed by atoms with E-state index in [-0.39, 0.29) is 17.3 Å². The Bertz CT molecular complexity index is 519. The van der Waals surface area contributed by atoms with Gasteiger partial charge in [0.15, 0.2) is 5.84 Å². The van der Waals surface area contributed by atoms with Crippen LogP contribution in [-0.2, 0) is 0 Å². The molecule has 0 unspecified atom stereocenters. The largest absolute Gasteiger partial charge is 0.409 e. The quantitative estimate of drug-likeness (QED) is 0.333. The Kier molecular flexibility index (Phi) is 3.46.